The lowest BCUT2D eigenvalue weighted by molar-refractivity contribution is -0.141. The molecule has 176 valence electrons. The van der Waals surface area contributed by atoms with Crippen molar-refractivity contribution in [2.24, 2.45) is 0 Å². The van der Waals surface area contributed by atoms with Gasteiger partial charge in [0.25, 0.3) is 0 Å². The van der Waals surface area contributed by atoms with E-state index in [4.69, 9.17) is 23.7 Å². The highest BCUT2D eigenvalue weighted by Gasteiger charge is 2.32. The molecule has 0 spiro atoms. The molecule has 0 bridgehead atoms. The molecule has 2 atom stereocenters. The zero-order chi connectivity index (χ0) is 23.7. The molecule has 0 radical (unpaired) electrons. The highest BCUT2D eigenvalue weighted by atomic mass is 19.1. The van der Waals surface area contributed by atoms with Crippen LogP contribution in [0.3, 0.4) is 0 Å². The molecule has 0 unspecified atom stereocenters. The highest BCUT2D eigenvalue weighted by Crippen LogP contribution is 2.44. The smallest absolute Gasteiger partial charge is 0.306 e. The molecule has 6 nitrogen and oxygen atoms in total. The summed E-state index contributed by atoms with van der Waals surface area (Å²) in [4.78, 5) is 11.6. The van der Waals surface area contributed by atoms with Crippen LogP contribution in [0.1, 0.15) is 41.6 Å². The number of halogens is 1. The summed E-state index contributed by atoms with van der Waals surface area (Å²) in [6.07, 6.45) is 1.12. The predicted molar refractivity (Wildman–Crippen MR) is 122 cm³/mol. The molecule has 3 aromatic carbocycles. The Balaban J connectivity index is 1.34. The number of esters is 1. The van der Waals surface area contributed by atoms with Gasteiger partial charge in [-0.05, 0) is 55.3 Å². The molecule has 3 aromatic rings. The van der Waals surface area contributed by atoms with Crippen LogP contribution in [0.25, 0.3) is 0 Å². The number of hydrogen-bond acceptors (Lipinski definition) is 6. The third-order valence-corrected chi connectivity index (χ3v) is 6.31. The quantitative estimate of drug-likeness (QED) is 0.416. The van der Waals surface area contributed by atoms with Crippen molar-refractivity contribution in [1.82, 2.24) is 0 Å². The summed E-state index contributed by atoms with van der Waals surface area (Å²) in [5, 5.41) is 0. The number of methoxy groups -OCH3 is 2. The topological polar surface area (TPSA) is 63.2 Å². The molecular formula is C27H25FO6. The van der Waals surface area contributed by atoms with Crippen LogP contribution < -0.4 is 18.9 Å². The van der Waals surface area contributed by atoms with E-state index in [1.165, 1.54) is 13.2 Å². The van der Waals surface area contributed by atoms with Crippen molar-refractivity contribution in [3.63, 3.8) is 0 Å². The number of ether oxygens (including phenoxy) is 5. The van der Waals surface area contributed by atoms with Gasteiger partial charge in [0.05, 0.1) is 27.2 Å². The highest BCUT2D eigenvalue weighted by molar-refractivity contribution is 5.71. The molecule has 0 fully saturated rings. The van der Waals surface area contributed by atoms with E-state index in [-0.39, 0.29) is 24.1 Å². The summed E-state index contributed by atoms with van der Waals surface area (Å²) in [5.41, 5.74) is 2.29. The standard InChI is InChI=1S/C27H25FO6/c1-30-17-3-5-18(6-4-17)33-23-12-10-22(28)27-21(23)9-11-24(27)34-19-7-8-20-16(13-26(29)31-2)15-32-25(20)14-19/h3-8,10,12,14,16,24H,9,11,13,15H2,1-2H3/t16-,24-/m1/s1. The molecule has 7 heteroatoms. The van der Waals surface area contributed by atoms with Gasteiger partial charge in [0.1, 0.15) is 40.7 Å². The third-order valence-electron chi connectivity index (χ3n) is 6.31. The van der Waals surface area contributed by atoms with E-state index in [1.54, 1.807) is 19.2 Å². The van der Waals surface area contributed by atoms with Crippen molar-refractivity contribution in [3.05, 3.63) is 77.1 Å². The summed E-state index contributed by atoms with van der Waals surface area (Å²) in [6, 6.07) is 15.9. The second-order valence-corrected chi connectivity index (χ2v) is 8.35. The minimum Gasteiger partial charge on any atom is -0.497 e. The monoisotopic (exact) mass is 464 g/mol. The minimum absolute atomic E-state index is 0.0428. The van der Waals surface area contributed by atoms with Gasteiger partial charge in [0.15, 0.2) is 0 Å². The largest absolute Gasteiger partial charge is 0.497 e. The van der Waals surface area contributed by atoms with E-state index >= 15 is 0 Å². The average Bonchev–Trinajstić information content (AvgIpc) is 3.46. The first kappa shape index (κ1) is 22.1. The molecule has 1 heterocycles. The van der Waals surface area contributed by atoms with Crippen molar-refractivity contribution in [1.29, 1.82) is 0 Å². The van der Waals surface area contributed by atoms with Crippen LogP contribution in [-0.2, 0) is 16.0 Å². The van der Waals surface area contributed by atoms with Crippen molar-refractivity contribution in [3.8, 4) is 28.7 Å². The average molecular weight is 464 g/mol. The van der Waals surface area contributed by atoms with Crippen LogP contribution in [0.15, 0.2) is 54.6 Å². The summed E-state index contributed by atoms with van der Waals surface area (Å²) in [7, 11) is 2.98. The van der Waals surface area contributed by atoms with Crippen molar-refractivity contribution in [2.75, 3.05) is 20.8 Å². The molecule has 0 aromatic heterocycles. The van der Waals surface area contributed by atoms with Crippen LogP contribution in [0.2, 0.25) is 0 Å². The molecule has 34 heavy (non-hydrogen) atoms. The van der Waals surface area contributed by atoms with E-state index in [0.29, 0.717) is 48.0 Å². The zero-order valence-corrected chi connectivity index (χ0v) is 19.0. The summed E-state index contributed by atoms with van der Waals surface area (Å²) >= 11 is 0. The molecule has 1 aliphatic carbocycles. The molecule has 5 rings (SSSR count). The number of hydrogen-bond donors (Lipinski definition) is 0. The van der Waals surface area contributed by atoms with E-state index in [0.717, 1.165) is 16.9 Å². The fourth-order valence-corrected chi connectivity index (χ4v) is 4.57. The van der Waals surface area contributed by atoms with Crippen LogP contribution in [-0.4, -0.2) is 26.8 Å². The lowest BCUT2D eigenvalue weighted by Crippen LogP contribution is -2.09. The van der Waals surface area contributed by atoms with Crippen LogP contribution in [0.5, 0.6) is 28.7 Å². The molecule has 0 saturated heterocycles. The molecule has 1 aliphatic heterocycles. The number of carbonyl (C=O) groups is 1. The Kier molecular flexibility index (Phi) is 6.01. The Morgan fingerprint density at radius 3 is 2.56 bits per heavy atom. The van der Waals surface area contributed by atoms with Gasteiger partial charge < -0.3 is 23.7 Å². The first-order chi connectivity index (χ1) is 16.6. The van der Waals surface area contributed by atoms with Gasteiger partial charge in [-0.3, -0.25) is 4.79 Å². The van der Waals surface area contributed by atoms with Crippen LogP contribution >= 0.6 is 0 Å². The fraction of sp³-hybridized carbons (Fsp3) is 0.296. The molecule has 2 aliphatic rings. The maximum Gasteiger partial charge on any atom is 0.306 e. The Morgan fingerprint density at radius 1 is 1.03 bits per heavy atom. The summed E-state index contributed by atoms with van der Waals surface area (Å²) in [5.74, 6) is 2.66. The minimum atomic E-state index is -0.431. The third kappa shape index (κ3) is 4.25. The first-order valence-electron chi connectivity index (χ1n) is 11.2. The van der Waals surface area contributed by atoms with Gasteiger partial charge in [-0.1, -0.05) is 6.07 Å². The van der Waals surface area contributed by atoms with Gasteiger partial charge >= 0.3 is 5.97 Å². The molecule has 0 saturated carbocycles. The Bertz CT molecular complexity index is 1210. The van der Waals surface area contributed by atoms with E-state index in [9.17, 15) is 9.18 Å². The first-order valence-corrected chi connectivity index (χ1v) is 11.2. The van der Waals surface area contributed by atoms with E-state index < -0.39 is 6.10 Å². The van der Waals surface area contributed by atoms with Gasteiger partial charge in [0.2, 0.25) is 0 Å². The van der Waals surface area contributed by atoms with Gasteiger partial charge in [-0.25, -0.2) is 4.39 Å². The normalized spacial score (nSPS) is 18.0. The van der Waals surface area contributed by atoms with Crippen molar-refractivity contribution in [2.45, 2.75) is 31.3 Å². The number of rotatable bonds is 7. The molecule has 0 amide bonds. The Morgan fingerprint density at radius 2 is 1.79 bits per heavy atom. The second-order valence-electron chi connectivity index (χ2n) is 8.35. The zero-order valence-electron chi connectivity index (χ0n) is 19.0. The number of benzene rings is 3. The predicted octanol–water partition coefficient (Wildman–Crippen LogP) is 5.73. The number of fused-ring (bicyclic) bond motifs is 2. The second kappa shape index (κ2) is 9.25. The van der Waals surface area contributed by atoms with Gasteiger partial charge in [0, 0.05) is 28.7 Å². The maximum absolute atomic E-state index is 14.9. The Labute approximate surface area is 197 Å². The number of carbonyl (C=O) groups excluding carboxylic acids is 1. The van der Waals surface area contributed by atoms with E-state index in [1.807, 2.05) is 36.4 Å². The van der Waals surface area contributed by atoms with Crippen molar-refractivity contribution < 1.29 is 32.9 Å². The van der Waals surface area contributed by atoms with E-state index in [2.05, 4.69) is 0 Å². The SMILES string of the molecule is COC(=O)C[C@@H]1COc2cc(O[C@@H]3CCc4c(Oc5ccc(OC)cc5)ccc(F)c43)ccc21. The summed E-state index contributed by atoms with van der Waals surface area (Å²) in [6.45, 7) is 0.417. The molecular weight excluding hydrogens is 439 g/mol. The van der Waals surface area contributed by atoms with Crippen LogP contribution in [0.4, 0.5) is 4.39 Å². The molecule has 0 N–H and O–H groups in total. The summed E-state index contributed by atoms with van der Waals surface area (Å²) < 4.78 is 42.8. The fourth-order valence-electron chi connectivity index (χ4n) is 4.57. The van der Waals surface area contributed by atoms with Crippen LogP contribution in [0, 0.1) is 5.82 Å². The van der Waals surface area contributed by atoms with Gasteiger partial charge in [-0.2, -0.15) is 0 Å². The lowest BCUT2D eigenvalue weighted by atomic mass is 9.98. The van der Waals surface area contributed by atoms with Crippen molar-refractivity contribution >= 4 is 5.97 Å². The lowest BCUT2D eigenvalue weighted by Gasteiger charge is -2.17. The van der Waals surface area contributed by atoms with Gasteiger partial charge in [-0.15, -0.1) is 0 Å². The maximum atomic E-state index is 14.9. The Hall–Kier alpha value is -3.74.